The molecule has 6 heteroatoms. The molecule has 6 heavy (non-hydrogen) atoms. The Morgan fingerprint density at radius 2 is 0.333 bits per heavy atom. The first-order valence-corrected chi connectivity index (χ1v) is 0. The standard InChI is InChI=1S/Al.5Mg.3H. The Balaban J connectivity index is 0. The average molecular weight is 152 g/mol. The van der Waals surface area contributed by atoms with Crippen LogP contribution in [-0.4, -0.2) is 133 Å². The van der Waals surface area contributed by atoms with Gasteiger partial charge in [0, 0.05) is 115 Å². The van der Waals surface area contributed by atoms with Crippen molar-refractivity contribution < 1.29 is 0 Å². The van der Waals surface area contributed by atoms with E-state index in [1.807, 2.05) is 0 Å². The quantitative estimate of drug-likeness (QED) is 0.322. The molecule has 0 saturated carbocycles. The first kappa shape index (κ1) is 47.7. The molecule has 0 aromatic rings. The van der Waals surface area contributed by atoms with Gasteiger partial charge in [-0.05, 0) is 0 Å². The van der Waals surface area contributed by atoms with Crippen molar-refractivity contribution in [2.45, 2.75) is 0 Å². The summed E-state index contributed by atoms with van der Waals surface area (Å²) in [5.41, 5.74) is 0. The maximum Gasteiger partial charge on any atom is 0.187 e. The largest absolute Gasteiger partial charge is 0.187 e. The highest BCUT2D eigenvalue weighted by molar-refractivity contribution is 5.76. The molecule has 16 valence electrons. The number of rotatable bonds is 0. The average Bonchev–Trinajstić information content (AvgIpc) is 0. The van der Waals surface area contributed by atoms with Crippen molar-refractivity contribution in [3.05, 3.63) is 0 Å². The Kier molecular flexibility index (Phi) is 274. The minimum Gasteiger partial charge on any atom is 0 e. The van der Waals surface area contributed by atoms with Crippen LogP contribution in [0, 0.1) is 0 Å². The van der Waals surface area contributed by atoms with Gasteiger partial charge in [-0.1, -0.05) is 0 Å². The Morgan fingerprint density at radius 1 is 0.333 bits per heavy atom. The van der Waals surface area contributed by atoms with Crippen LogP contribution < -0.4 is 0 Å². The van der Waals surface area contributed by atoms with Gasteiger partial charge >= 0.3 is 0 Å². The molecule has 0 fully saturated rings. The summed E-state index contributed by atoms with van der Waals surface area (Å²) in [5, 5.41) is 0. The molecular weight excluding hydrogens is 149 g/mol. The highest BCUT2D eigenvalue weighted by Gasteiger charge is 0.187. The summed E-state index contributed by atoms with van der Waals surface area (Å²) in [6.07, 6.45) is 0. The third-order valence-corrected chi connectivity index (χ3v) is 0. The summed E-state index contributed by atoms with van der Waals surface area (Å²) in [5.74, 6) is 0. The Morgan fingerprint density at radius 3 is 0.333 bits per heavy atom. The van der Waals surface area contributed by atoms with E-state index < -0.39 is 0 Å². The van der Waals surface area contributed by atoms with Crippen molar-refractivity contribution in [1.82, 2.24) is 0 Å². The molecule has 0 aliphatic heterocycles. The molecule has 0 unspecified atom stereocenters. The van der Waals surface area contributed by atoms with Gasteiger partial charge in [0.25, 0.3) is 0 Å². The van der Waals surface area contributed by atoms with Crippen LogP contribution in [0.25, 0.3) is 0 Å². The van der Waals surface area contributed by atoms with Crippen molar-refractivity contribution in [3.8, 4) is 0 Å². The zero-order valence-electron chi connectivity index (χ0n) is 3.54. The lowest BCUT2D eigenvalue weighted by Gasteiger charge is -0.00100. The van der Waals surface area contributed by atoms with Gasteiger partial charge < -0.3 is 0 Å². The van der Waals surface area contributed by atoms with Crippen LogP contribution in [0.5, 0.6) is 0 Å². The molecule has 0 aliphatic carbocycles. The van der Waals surface area contributed by atoms with Crippen molar-refractivity contribution in [3.63, 3.8) is 0 Å². The van der Waals surface area contributed by atoms with Gasteiger partial charge in [0.2, 0.25) is 0 Å². The predicted octanol–water partition coefficient (Wildman–Crippen LogP) is -3.09. The van der Waals surface area contributed by atoms with E-state index in [-0.39, 0.29) is 133 Å². The summed E-state index contributed by atoms with van der Waals surface area (Å²) < 4.78 is 0. The minimum atomic E-state index is 0. The van der Waals surface area contributed by atoms with Crippen LogP contribution in [0.3, 0.4) is 0 Å². The number of hydrogen-bond donors (Lipinski definition) is 0. The summed E-state index contributed by atoms with van der Waals surface area (Å²) in [6, 6.07) is 0. The monoisotopic (exact) mass is 150 g/mol. The SMILES string of the molecule is [AlH3].[Mg].[Mg].[Mg].[Mg].[Mg]. The molecule has 0 aromatic heterocycles. The molecule has 10 radical (unpaired) electrons. The van der Waals surface area contributed by atoms with Crippen LogP contribution in [0.4, 0.5) is 0 Å². The molecular formula is H3AlMg5. The lowest BCUT2D eigenvalue weighted by molar-refractivity contribution is 5.75. The summed E-state index contributed by atoms with van der Waals surface area (Å²) in [4.78, 5) is 0. The van der Waals surface area contributed by atoms with Gasteiger partial charge in [-0.2, -0.15) is 0 Å². The molecule has 0 amide bonds. The fourth-order valence-electron chi connectivity index (χ4n) is 0. The van der Waals surface area contributed by atoms with Crippen molar-refractivity contribution in [1.29, 1.82) is 0 Å². The third kappa shape index (κ3) is 23.8. The zero-order valence-corrected chi connectivity index (χ0v) is 10.6. The molecule has 0 saturated heterocycles. The second-order valence-corrected chi connectivity index (χ2v) is 0. The second-order valence-electron chi connectivity index (χ2n) is 0. The lowest BCUT2D eigenvalue weighted by atomic mass is 24.3. The Bertz CT molecular complexity index is 3.90. The van der Waals surface area contributed by atoms with Gasteiger partial charge in [0.05, 0.1) is 0 Å². The molecule has 0 bridgehead atoms. The maximum absolute atomic E-state index is 0. The van der Waals surface area contributed by atoms with Crippen molar-refractivity contribution >= 4 is 133 Å². The van der Waals surface area contributed by atoms with Crippen molar-refractivity contribution in [2.75, 3.05) is 0 Å². The van der Waals surface area contributed by atoms with E-state index in [4.69, 9.17) is 0 Å². The predicted molar refractivity (Wildman–Crippen MR) is 38.7 cm³/mol. The van der Waals surface area contributed by atoms with E-state index in [0.717, 1.165) is 0 Å². The van der Waals surface area contributed by atoms with E-state index in [1.54, 1.807) is 0 Å². The fourth-order valence-corrected chi connectivity index (χ4v) is 0. The van der Waals surface area contributed by atoms with Gasteiger partial charge in [-0.15, -0.1) is 0 Å². The van der Waals surface area contributed by atoms with E-state index in [2.05, 4.69) is 0 Å². The maximum atomic E-state index is 0. The lowest BCUT2D eigenvalue weighted by Crippen LogP contribution is -0.382. The van der Waals surface area contributed by atoms with E-state index in [1.165, 1.54) is 0 Å². The van der Waals surface area contributed by atoms with Crippen LogP contribution in [0.15, 0.2) is 0 Å². The smallest absolute Gasteiger partial charge is 0 e. The molecule has 0 atom stereocenters. The number of hydrogen-bond acceptors (Lipinski definition) is 0. The van der Waals surface area contributed by atoms with Gasteiger partial charge in [0.1, 0.15) is 0 Å². The molecule has 0 heterocycles. The molecule has 0 spiro atoms. The van der Waals surface area contributed by atoms with Crippen LogP contribution >= 0.6 is 0 Å². The minimum absolute atomic E-state index is 0. The first-order valence-electron chi connectivity index (χ1n) is 0. The zero-order chi connectivity index (χ0) is 0. The topological polar surface area (TPSA) is 0 Å². The Labute approximate surface area is 130 Å². The van der Waals surface area contributed by atoms with Gasteiger partial charge in [-0.25, -0.2) is 0 Å². The molecule has 0 N–H and O–H groups in total. The molecule has 0 aromatic carbocycles. The van der Waals surface area contributed by atoms with E-state index in [9.17, 15) is 0 Å². The van der Waals surface area contributed by atoms with Gasteiger partial charge in [0.15, 0.2) is 17.4 Å². The van der Waals surface area contributed by atoms with Crippen LogP contribution in [0.2, 0.25) is 0 Å². The highest BCUT2D eigenvalue weighted by atomic mass is 27.0. The van der Waals surface area contributed by atoms with Crippen LogP contribution in [0.1, 0.15) is 0 Å². The normalized spacial score (nSPS) is 0. The first-order chi connectivity index (χ1) is 0. The molecule has 0 rings (SSSR count). The molecule has 0 aliphatic rings. The fraction of sp³-hybridized carbons (Fsp3) is 0. The van der Waals surface area contributed by atoms with E-state index >= 15 is 0 Å². The van der Waals surface area contributed by atoms with E-state index in [0.29, 0.717) is 0 Å². The highest BCUT2D eigenvalue weighted by Crippen LogP contribution is -0.376. The molecule has 0 nitrogen and oxygen atoms in total. The van der Waals surface area contributed by atoms with Gasteiger partial charge in [-0.3, -0.25) is 0 Å². The second kappa shape index (κ2) is 34.4. The Hall–Kier alpha value is 4.36. The third-order valence-electron chi connectivity index (χ3n) is 0. The summed E-state index contributed by atoms with van der Waals surface area (Å²) in [7, 11) is 0. The summed E-state index contributed by atoms with van der Waals surface area (Å²) >= 11 is 0. The van der Waals surface area contributed by atoms with Crippen molar-refractivity contribution in [2.24, 2.45) is 0 Å². The summed E-state index contributed by atoms with van der Waals surface area (Å²) in [6.45, 7) is 0. The van der Waals surface area contributed by atoms with Crippen LogP contribution in [-0.2, 0) is 0 Å².